The van der Waals surface area contributed by atoms with E-state index in [4.69, 9.17) is 4.98 Å². The Hall–Kier alpha value is -4.23. The Labute approximate surface area is 222 Å². The number of pyridine rings is 1. The fourth-order valence-electron chi connectivity index (χ4n) is 5.98. The third-order valence-electron chi connectivity index (χ3n) is 7.93. The molecule has 1 N–H and O–H groups in total. The molecule has 0 spiro atoms. The molecule has 38 heavy (non-hydrogen) atoms. The van der Waals surface area contributed by atoms with E-state index < -0.39 is 0 Å². The van der Waals surface area contributed by atoms with Gasteiger partial charge in [-0.2, -0.15) is 0 Å². The fraction of sp³-hybridized carbons (Fsp3) is 0.258. The molecule has 2 aromatic carbocycles. The van der Waals surface area contributed by atoms with Crippen molar-refractivity contribution in [1.29, 1.82) is 0 Å². The highest BCUT2D eigenvalue weighted by atomic mass is 15.4. The summed E-state index contributed by atoms with van der Waals surface area (Å²) in [6.45, 7) is 5.21. The average molecular weight is 502 g/mol. The lowest BCUT2D eigenvalue weighted by atomic mass is 10.1. The number of hydrogen-bond acceptors (Lipinski definition) is 6. The average Bonchev–Trinajstić information content (AvgIpc) is 3.70. The van der Waals surface area contributed by atoms with E-state index in [1.807, 2.05) is 30.7 Å². The van der Waals surface area contributed by atoms with Gasteiger partial charge in [-0.1, -0.05) is 60.7 Å². The highest BCUT2D eigenvalue weighted by Gasteiger charge is 2.44. The molecule has 7 rings (SSSR count). The maximum atomic E-state index is 5.21. The lowest BCUT2D eigenvalue weighted by Crippen LogP contribution is -2.46. The van der Waals surface area contributed by atoms with Crippen molar-refractivity contribution in [3.63, 3.8) is 0 Å². The van der Waals surface area contributed by atoms with Crippen LogP contribution >= 0.6 is 0 Å². The van der Waals surface area contributed by atoms with Gasteiger partial charge in [-0.05, 0) is 36.6 Å². The summed E-state index contributed by atoms with van der Waals surface area (Å²) in [6, 6.07) is 28.6. The van der Waals surface area contributed by atoms with Crippen molar-refractivity contribution in [2.75, 3.05) is 23.3 Å². The molecule has 5 heterocycles. The number of rotatable bonds is 7. The van der Waals surface area contributed by atoms with E-state index in [1.54, 1.807) is 0 Å². The van der Waals surface area contributed by atoms with Gasteiger partial charge in [-0.25, -0.2) is 15.0 Å². The van der Waals surface area contributed by atoms with Crippen molar-refractivity contribution in [2.24, 2.45) is 0 Å². The molecule has 2 aliphatic heterocycles. The van der Waals surface area contributed by atoms with E-state index in [-0.39, 0.29) is 6.04 Å². The van der Waals surface area contributed by atoms with E-state index in [1.165, 1.54) is 17.5 Å². The summed E-state index contributed by atoms with van der Waals surface area (Å²) < 4.78 is 2.13. The Balaban J connectivity index is 1.15. The monoisotopic (exact) mass is 501 g/mol. The van der Waals surface area contributed by atoms with Crippen molar-refractivity contribution in [2.45, 2.75) is 38.0 Å². The Morgan fingerprint density at radius 1 is 0.895 bits per heavy atom. The number of benzene rings is 2. The quantitative estimate of drug-likeness (QED) is 0.321. The second-order valence-electron chi connectivity index (χ2n) is 10.4. The van der Waals surface area contributed by atoms with Crippen LogP contribution in [0.1, 0.15) is 30.5 Å². The van der Waals surface area contributed by atoms with Crippen molar-refractivity contribution in [3.05, 3.63) is 109 Å². The minimum absolute atomic E-state index is 0.149. The van der Waals surface area contributed by atoms with Crippen molar-refractivity contribution < 1.29 is 0 Å². The van der Waals surface area contributed by atoms with Gasteiger partial charge in [0.25, 0.3) is 0 Å². The summed E-state index contributed by atoms with van der Waals surface area (Å²) in [5, 5.41) is 3.54. The second-order valence-corrected chi connectivity index (χ2v) is 10.4. The van der Waals surface area contributed by atoms with Gasteiger partial charge in [0.1, 0.15) is 11.5 Å². The summed E-state index contributed by atoms with van der Waals surface area (Å²) in [4.78, 5) is 19.5. The van der Waals surface area contributed by atoms with Crippen LogP contribution in [0.15, 0.2) is 97.5 Å². The SMILES string of the molecule is C[C@H](Nc1cc(-c2cc3nccn3c(N3CC4CC3CN4Cc3ccccc3)n2)ccn1)c1ccccc1. The number of anilines is 2. The van der Waals surface area contributed by atoms with E-state index in [9.17, 15) is 0 Å². The highest BCUT2D eigenvalue weighted by Crippen LogP contribution is 2.36. The Bertz CT molecular complexity index is 1550. The number of likely N-dealkylation sites (tertiary alicyclic amines) is 1. The zero-order valence-corrected chi connectivity index (χ0v) is 21.5. The molecule has 0 aliphatic carbocycles. The normalized spacial score (nSPS) is 19.8. The van der Waals surface area contributed by atoms with Gasteiger partial charge in [0.15, 0.2) is 0 Å². The molecule has 2 fully saturated rings. The molecular weight excluding hydrogens is 470 g/mol. The van der Waals surface area contributed by atoms with Gasteiger partial charge < -0.3 is 10.2 Å². The zero-order chi connectivity index (χ0) is 25.5. The van der Waals surface area contributed by atoms with Crippen LogP contribution in [0.5, 0.6) is 0 Å². The van der Waals surface area contributed by atoms with Gasteiger partial charge >= 0.3 is 0 Å². The first kappa shape index (κ1) is 22.9. The highest BCUT2D eigenvalue weighted by molar-refractivity contribution is 5.68. The first-order valence-electron chi connectivity index (χ1n) is 13.4. The first-order chi connectivity index (χ1) is 18.7. The van der Waals surface area contributed by atoms with Crippen LogP contribution in [0.4, 0.5) is 11.8 Å². The van der Waals surface area contributed by atoms with Crippen molar-refractivity contribution in [1.82, 2.24) is 24.3 Å². The van der Waals surface area contributed by atoms with Crippen LogP contribution < -0.4 is 10.2 Å². The summed E-state index contributed by atoms with van der Waals surface area (Å²) in [6.07, 6.45) is 6.92. The van der Waals surface area contributed by atoms with Crippen LogP contribution in [0.25, 0.3) is 16.9 Å². The standard InChI is InChI=1S/C31H31N7/c1-22(24-10-6-3-7-11-24)34-29-16-25(12-13-32-29)28-18-30-33-14-15-37(30)31(35-28)38-21-26-17-27(38)20-36(26)19-23-8-4-2-5-9-23/h2-16,18,22,26-27H,17,19-21H2,1H3,(H,32,34)/t22-,26?,27?/m0/s1. The Kier molecular flexibility index (Phi) is 5.78. The molecule has 2 bridgehead atoms. The molecule has 3 aromatic heterocycles. The van der Waals surface area contributed by atoms with Crippen molar-refractivity contribution in [3.8, 4) is 11.3 Å². The molecule has 5 aromatic rings. The minimum Gasteiger partial charge on any atom is -0.364 e. The minimum atomic E-state index is 0.149. The molecule has 0 saturated carbocycles. The summed E-state index contributed by atoms with van der Waals surface area (Å²) in [5.74, 6) is 1.81. The van der Waals surface area contributed by atoms with Crippen LogP contribution in [-0.4, -0.2) is 49.4 Å². The number of fused-ring (bicyclic) bond motifs is 3. The maximum Gasteiger partial charge on any atom is 0.212 e. The lowest BCUT2D eigenvalue weighted by molar-refractivity contribution is 0.229. The summed E-state index contributed by atoms with van der Waals surface area (Å²) in [5.41, 5.74) is 5.47. The third kappa shape index (κ3) is 4.29. The molecule has 0 amide bonds. The molecule has 190 valence electrons. The topological polar surface area (TPSA) is 61.6 Å². The lowest BCUT2D eigenvalue weighted by Gasteiger charge is -2.35. The summed E-state index contributed by atoms with van der Waals surface area (Å²) >= 11 is 0. The second kappa shape index (κ2) is 9.58. The van der Waals surface area contributed by atoms with E-state index >= 15 is 0 Å². The van der Waals surface area contributed by atoms with Crippen molar-refractivity contribution >= 4 is 17.4 Å². The van der Waals surface area contributed by atoms with E-state index in [0.29, 0.717) is 12.1 Å². The molecule has 7 nitrogen and oxygen atoms in total. The molecule has 2 aliphatic rings. The van der Waals surface area contributed by atoms with Gasteiger partial charge in [0.05, 0.1) is 5.69 Å². The number of nitrogens with one attached hydrogen (secondary N) is 1. The van der Waals surface area contributed by atoms with E-state index in [0.717, 1.165) is 48.3 Å². The van der Waals surface area contributed by atoms with Gasteiger partial charge in [-0.15, -0.1) is 0 Å². The zero-order valence-electron chi connectivity index (χ0n) is 21.5. The number of imidazole rings is 1. The van der Waals surface area contributed by atoms with Crippen LogP contribution in [-0.2, 0) is 6.54 Å². The fourth-order valence-corrected chi connectivity index (χ4v) is 5.98. The number of hydrogen-bond donors (Lipinski definition) is 1. The maximum absolute atomic E-state index is 5.21. The van der Waals surface area contributed by atoms with Gasteiger partial charge in [-0.3, -0.25) is 9.30 Å². The first-order valence-corrected chi connectivity index (χ1v) is 13.4. The van der Waals surface area contributed by atoms with Crippen LogP contribution in [0.3, 0.4) is 0 Å². The summed E-state index contributed by atoms with van der Waals surface area (Å²) in [7, 11) is 0. The predicted octanol–water partition coefficient (Wildman–Crippen LogP) is 5.43. The molecule has 7 heteroatoms. The number of piperazine rings is 1. The number of aromatic nitrogens is 4. The van der Waals surface area contributed by atoms with Crippen LogP contribution in [0.2, 0.25) is 0 Å². The molecule has 2 saturated heterocycles. The van der Waals surface area contributed by atoms with E-state index in [2.05, 4.69) is 103 Å². The molecule has 0 radical (unpaired) electrons. The Morgan fingerprint density at radius 2 is 1.71 bits per heavy atom. The third-order valence-corrected chi connectivity index (χ3v) is 7.93. The van der Waals surface area contributed by atoms with Gasteiger partial charge in [0, 0.05) is 68.0 Å². The smallest absolute Gasteiger partial charge is 0.212 e. The van der Waals surface area contributed by atoms with Gasteiger partial charge in [0.2, 0.25) is 5.95 Å². The van der Waals surface area contributed by atoms with Crippen LogP contribution in [0, 0.1) is 0 Å². The molecule has 3 atom stereocenters. The Morgan fingerprint density at radius 3 is 2.50 bits per heavy atom. The largest absolute Gasteiger partial charge is 0.364 e. The number of nitrogens with zero attached hydrogens (tertiary/aromatic N) is 6. The molecular formula is C31H31N7. The predicted molar refractivity (Wildman–Crippen MR) is 151 cm³/mol. The molecule has 2 unspecified atom stereocenters.